The number of hydrogen-bond acceptors (Lipinski definition) is 4. The molecule has 1 aromatic carbocycles. The van der Waals surface area contributed by atoms with Crippen LogP contribution in [0, 0.1) is 0 Å². The SMILES string of the molecule is CO[C@H]1C[C@@H](C(N)=O)N(c2nc3ccccc3n2C)C1. The maximum atomic E-state index is 11.7. The lowest BCUT2D eigenvalue weighted by atomic mass is 10.2. The maximum absolute atomic E-state index is 11.7. The number of carbonyl (C=O) groups excluding carboxylic acids is 1. The predicted octanol–water partition coefficient (Wildman–Crippen LogP) is 0.652. The molecule has 2 N–H and O–H groups in total. The van der Waals surface area contributed by atoms with Crippen LogP contribution in [0.4, 0.5) is 5.95 Å². The Morgan fingerprint density at radius 3 is 2.85 bits per heavy atom. The molecule has 1 saturated heterocycles. The third-order valence-corrected chi connectivity index (χ3v) is 3.94. The van der Waals surface area contributed by atoms with Crippen molar-refractivity contribution in [3.05, 3.63) is 24.3 Å². The van der Waals surface area contributed by atoms with Gasteiger partial charge in [-0.2, -0.15) is 0 Å². The molecule has 1 aliphatic heterocycles. The number of fused-ring (bicyclic) bond motifs is 1. The summed E-state index contributed by atoms with van der Waals surface area (Å²) in [5.41, 5.74) is 7.46. The second-order valence-corrected chi connectivity index (χ2v) is 5.12. The molecule has 0 spiro atoms. The zero-order chi connectivity index (χ0) is 14.3. The summed E-state index contributed by atoms with van der Waals surface area (Å²) < 4.78 is 7.36. The molecule has 0 aliphatic carbocycles. The van der Waals surface area contributed by atoms with E-state index in [-0.39, 0.29) is 18.1 Å². The zero-order valence-corrected chi connectivity index (χ0v) is 11.6. The van der Waals surface area contributed by atoms with Crippen molar-refractivity contribution in [2.45, 2.75) is 18.6 Å². The molecule has 2 aromatic rings. The summed E-state index contributed by atoms with van der Waals surface area (Å²) in [5.74, 6) is 0.422. The molecule has 1 aromatic heterocycles. The number of para-hydroxylation sites is 2. The number of nitrogens with zero attached hydrogens (tertiary/aromatic N) is 3. The highest BCUT2D eigenvalue weighted by Gasteiger charge is 2.38. The van der Waals surface area contributed by atoms with Crippen molar-refractivity contribution in [2.75, 3.05) is 18.6 Å². The molecule has 0 unspecified atom stereocenters. The summed E-state index contributed by atoms with van der Waals surface area (Å²) in [5, 5.41) is 0. The van der Waals surface area contributed by atoms with Crippen molar-refractivity contribution in [1.29, 1.82) is 0 Å². The molecule has 0 bridgehead atoms. The van der Waals surface area contributed by atoms with Gasteiger partial charge in [-0.05, 0) is 12.1 Å². The first-order valence-corrected chi connectivity index (χ1v) is 6.62. The summed E-state index contributed by atoms with van der Waals surface area (Å²) >= 11 is 0. The zero-order valence-electron chi connectivity index (χ0n) is 11.6. The van der Waals surface area contributed by atoms with Crippen LogP contribution in [-0.2, 0) is 16.6 Å². The van der Waals surface area contributed by atoms with Crippen molar-refractivity contribution in [3.8, 4) is 0 Å². The van der Waals surface area contributed by atoms with Gasteiger partial charge in [0, 0.05) is 27.1 Å². The van der Waals surface area contributed by atoms with Crippen LogP contribution in [0.25, 0.3) is 11.0 Å². The van der Waals surface area contributed by atoms with Gasteiger partial charge in [0.15, 0.2) is 0 Å². The summed E-state index contributed by atoms with van der Waals surface area (Å²) in [7, 11) is 3.60. The number of ether oxygens (including phenoxy) is 1. The average Bonchev–Trinajstić information content (AvgIpc) is 3.01. The number of nitrogens with two attached hydrogens (primary N) is 1. The minimum Gasteiger partial charge on any atom is -0.380 e. The first kappa shape index (κ1) is 12.9. The number of anilines is 1. The van der Waals surface area contributed by atoms with Crippen molar-refractivity contribution in [1.82, 2.24) is 9.55 Å². The topological polar surface area (TPSA) is 73.4 Å². The normalized spacial score (nSPS) is 22.6. The highest BCUT2D eigenvalue weighted by Crippen LogP contribution is 2.28. The number of methoxy groups -OCH3 is 1. The lowest BCUT2D eigenvalue weighted by Gasteiger charge is -2.22. The number of imidazole rings is 1. The Morgan fingerprint density at radius 2 is 2.20 bits per heavy atom. The van der Waals surface area contributed by atoms with Crippen molar-refractivity contribution in [3.63, 3.8) is 0 Å². The Hall–Kier alpha value is -2.08. The molecule has 2 heterocycles. The Bertz CT molecular complexity index is 652. The van der Waals surface area contributed by atoms with E-state index in [1.165, 1.54) is 0 Å². The summed E-state index contributed by atoms with van der Waals surface area (Å²) in [6.07, 6.45) is 0.613. The van der Waals surface area contributed by atoms with Crippen LogP contribution in [0.5, 0.6) is 0 Å². The molecular weight excluding hydrogens is 256 g/mol. The number of amides is 1. The predicted molar refractivity (Wildman–Crippen MR) is 76.5 cm³/mol. The summed E-state index contributed by atoms with van der Waals surface area (Å²) in [4.78, 5) is 18.2. The van der Waals surface area contributed by atoms with Gasteiger partial charge in [-0.25, -0.2) is 4.98 Å². The molecule has 6 nitrogen and oxygen atoms in total. The number of benzene rings is 1. The lowest BCUT2D eigenvalue weighted by Crippen LogP contribution is -2.41. The monoisotopic (exact) mass is 274 g/mol. The van der Waals surface area contributed by atoms with E-state index in [9.17, 15) is 4.79 Å². The fourth-order valence-corrected chi connectivity index (χ4v) is 2.85. The van der Waals surface area contributed by atoms with E-state index in [1.54, 1.807) is 7.11 Å². The van der Waals surface area contributed by atoms with Crippen LogP contribution in [-0.4, -0.2) is 41.3 Å². The van der Waals surface area contributed by atoms with E-state index in [4.69, 9.17) is 10.5 Å². The number of aromatic nitrogens is 2. The van der Waals surface area contributed by atoms with Gasteiger partial charge in [0.05, 0.1) is 17.1 Å². The van der Waals surface area contributed by atoms with E-state index in [1.807, 2.05) is 40.8 Å². The van der Waals surface area contributed by atoms with Gasteiger partial charge in [-0.15, -0.1) is 0 Å². The first-order valence-electron chi connectivity index (χ1n) is 6.62. The lowest BCUT2D eigenvalue weighted by molar-refractivity contribution is -0.119. The largest absolute Gasteiger partial charge is 0.380 e. The molecule has 106 valence electrons. The van der Waals surface area contributed by atoms with Crippen LogP contribution in [0.15, 0.2) is 24.3 Å². The highest BCUT2D eigenvalue weighted by atomic mass is 16.5. The molecule has 1 fully saturated rings. The fraction of sp³-hybridized carbons (Fsp3) is 0.429. The molecule has 0 saturated carbocycles. The summed E-state index contributed by atoms with van der Waals surface area (Å²) in [6, 6.07) is 7.53. The smallest absolute Gasteiger partial charge is 0.240 e. The average molecular weight is 274 g/mol. The molecule has 1 aliphatic rings. The molecule has 6 heteroatoms. The minimum absolute atomic E-state index is 0.00677. The van der Waals surface area contributed by atoms with Gasteiger partial charge in [0.1, 0.15) is 6.04 Å². The second kappa shape index (κ2) is 4.79. The maximum Gasteiger partial charge on any atom is 0.240 e. The first-order chi connectivity index (χ1) is 9.61. The summed E-state index contributed by atoms with van der Waals surface area (Å²) in [6.45, 7) is 0.626. The van der Waals surface area contributed by atoms with E-state index in [0.717, 1.165) is 17.0 Å². The van der Waals surface area contributed by atoms with Crippen LogP contribution >= 0.6 is 0 Å². The number of carbonyl (C=O) groups is 1. The molecule has 3 rings (SSSR count). The van der Waals surface area contributed by atoms with Crippen LogP contribution in [0.1, 0.15) is 6.42 Å². The third-order valence-electron chi connectivity index (χ3n) is 3.94. The number of hydrogen-bond donors (Lipinski definition) is 1. The third kappa shape index (κ3) is 1.92. The van der Waals surface area contributed by atoms with E-state index in [2.05, 4.69) is 4.98 Å². The van der Waals surface area contributed by atoms with Gasteiger partial charge >= 0.3 is 0 Å². The molecule has 1 amide bonds. The van der Waals surface area contributed by atoms with Gasteiger partial charge < -0.3 is 19.9 Å². The quantitative estimate of drug-likeness (QED) is 0.892. The Morgan fingerprint density at radius 1 is 1.45 bits per heavy atom. The van der Waals surface area contributed by atoms with Gasteiger partial charge in [0.2, 0.25) is 11.9 Å². The van der Waals surface area contributed by atoms with Crippen LogP contribution < -0.4 is 10.6 Å². The fourth-order valence-electron chi connectivity index (χ4n) is 2.85. The van der Waals surface area contributed by atoms with E-state index >= 15 is 0 Å². The number of rotatable bonds is 3. The van der Waals surface area contributed by atoms with E-state index < -0.39 is 0 Å². The second-order valence-electron chi connectivity index (χ2n) is 5.12. The Labute approximate surface area is 117 Å². The number of primary amides is 1. The Balaban J connectivity index is 2.04. The molecule has 2 atom stereocenters. The van der Waals surface area contributed by atoms with Crippen molar-refractivity contribution in [2.24, 2.45) is 12.8 Å². The van der Waals surface area contributed by atoms with Gasteiger partial charge in [-0.1, -0.05) is 12.1 Å². The van der Waals surface area contributed by atoms with Crippen molar-refractivity contribution < 1.29 is 9.53 Å². The van der Waals surface area contributed by atoms with Crippen LogP contribution in [0.2, 0.25) is 0 Å². The minimum atomic E-state index is -0.365. The molecular formula is C14H18N4O2. The van der Waals surface area contributed by atoms with Crippen molar-refractivity contribution >= 4 is 22.9 Å². The number of aryl methyl sites for hydroxylation is 1. The van der Waals surface area contributed by atoms with Crippen LogP contribution in [0.3, 0.4) is 0 Å². The van der Waals surface area contributed by atoms with Gasteiger partial charge in [-0.3, -0.25) is 4.79 Å². The highest BCUT2D eigenvalue weighted by molar-refractivity contribution is 5.85. The molecule has 20 heavy (non-hydrogen) atoms. The molecule has 0 radical (unpaired) electrons. The Kier molecular flexibility index (Phi) is 3.10. The van der Waals surface area contributed by atoms with E-state index in [0.29, 0.717) is 13.0 Å². The standard InChI is InChI=1S/C14H18N4O2/c1-17-11-6-4-3-5-10(11)16-14(17)18-8-9(20-2)7-12(18)13(15)19/h3-6,9,12H,7-8H2,1-2H3,(H2,15,19)/t9-,12-/m0/s1. The van der Waals surface area contributed by atoms with Gasteiger partial charge in [0.25, 0.3) is 0 Å².